The number of phenols is 1. The van der Waals surface area contributed by atoms with E-state index in [4.69, 9.17) is 9.47 Å². The Morgan fingerprint density at radius 1 is 1.06 bits per heavy atom. The van der Waals surface area contributed by atoms with Gasteiger partial charge in [-0.2, -0.15) is 0 Å². The fourth-order valence-corrected chi connectivity index (χ4v) is 3.75. The van der Waals surface area contributed by atoms with Crippen LogP contribution in [0.4, 0.5) is 14.9 Å². The highest BCUT2D eigenvalue weighted by atomic mass is 19.1. The Labute approximate surface area is 194 Å². The van der Waals surface area contributed by atoms with Crippen molar-refractivity contribution < 1.29 is 38.4 Å². The normalized spacial score (nSPS) is 18.3. The topological polar surface area (TPSA) is 106 Å². The zero-order chi connectivity index (χ0) is 24.2. The summed E-state index contributed by atoms with van der Waals surface area (Å²) in [5.74, 6) is -0.506. The number of nitrogens with zero attached hydrogens (tertiary/aromatic N) is 1. The van der Waals surface area contributed by atoms with Gasteiger partial charge in [-0.25, -0.2) is 14.0 Å². The maximum absolute atomic E-state index is 13.4. The molecule has 0 bridgehead atoms. The highest BCUT2D eigenvalue weighted by Gasteiger charge is 2.47. The van der Waals surface area contributed by atoms with E-state index < -0.39 is 36.1 Å². The summed E-state index contributed by atoms with van der Waals surface area (Å²) >= 11 is 0. The van der Waals surface area contributed by atoms with E-state index in [1.807, 2.05) is 0 Å². The minimum absolute atomic E-state index is 0.0400. The quantitative estimate of drug-likeness (QED) is 0.509. The smallest absolute Gasteiger partial charge is 0.415 e. The second kappa shape index (κ2) is 9.80. The number of hydrogen-bond acceptors (Lipinski definition) is 7. The number of anilines is 1. The summed E-state index contributed by atoms with van der Waals surface area (Å²) in [7, 11) is 1.28. The summed E-state index contributed by atoms with van der Waals surface area (Å²) in [4.78, 5) is 25.7. The van der Waals surface area contributed by atoms with Crippen LogP contribution in [-0.4, -0.2) is 48.2 Å². The second-order valence-electron chi connectivity index (χ2n) is 7.63. The zero-order valence-corrected chi connectivity index (χ0v) is 18.1. The van der Waals surface area contributed by atoms with Crippen molar-refractivity contribution in [2.45, 2.75) is 18.2 Å². The number of rotatable bonds is 7. The van der Waals surface area contributed by atoms with Gasteiger partial charge in [-0.1, -0.05) is 12.1 Å². The number of aliphatic hydroxyl groups is 1. The number of hydrogen-bond donors (Lipinski definition) is 2. The van der Waals surface area contributed by atoms with Crippen molar-refractivity contribution >= 4 is 17.7 Å². The molecule has 9 heteroatoms. The molecule has 8 nitrogen and oxygen atoms in total. The Morgan fingerprint density at radius 3 is 2.32 bits per heavy atom. The third kappa shape index (κ3) is 4.79. The van der Waals surface area contributed by atoms with Gasteiger partial charge in [0.15, 0.2) is 6.10 Å². The third-order valence-corrected chi connectivity index (χ3v) is 5.44. The van der Waals surface area contributed by atoms with Gasteiger partial charge >= 0.3 is 12.1 Å². The molecule has 176 valence electrons. The van der Waals surface area contributed by atoms with Crippen LogP contribution < -0.4 is 9.64 Å². The fraction of sp³-hybridized carbons (Fsp3) is 0.200. The van der Waals surface area contributed by atoms with Crippen LogP contribution in [0.1, 0.15) is 22.0 Å². The Kier molecular flexibility index (Phi) is 6.65. The summed E-state index contributed by atoms with van der Waals surface area (Å²) in [5, 5.41) is 20.6. The van der Waals surface area contributed by atoms with Crippen LogP contribution in [0.3, 0.4) is 0 Å². The van der Waals surface area contributed by atoms with Crippen LogP contribution in [0.15, 0.2) is 72.8 Å². The van der Waals surface area contributed by atoms with Crippen molar-refractivity contribution in [3.63, 3.8) is 0 Å². The highest BCUT2D eigenvalue weighted by Crippen LogP contribution is 2.39. The molecule has 3 aromatic carbocycles. The molecule has 0 spiro atoms. The van der Waals surface area contributed by atoms with Crippen LogP contribution in [0, 0.1) is 5.82 Å². The first-order valence-corrected chi connectivity index (χ1v) is 10.4. The van der Waals surface area contributed by atoms with Gasteiger partial charge in [0.25, 0.3) is 0 Å². The summed E-state index contributed by atoms with van der Waals surface area (Å²) < 4.78 is 29.3. The van der Waals surface area contributed by atoms with Gasteiger partial charge in [-0.15, -0.1) is 0 Å². The molecule has 3 aromatic rings. The average Bonchev–Trinajstić information content (AvgIpc) is 3.20. The number of aliphatic hydroxyl groups excluding tert-OH is 1. The minimum Gasteiger partial charge on any atom is -0.508 e. The van der Waals surface area contributed by atoms with E-state index in [0.717, 1.165) is 0 Å². The summed E-state index contributed by atoms with van der Waals surface area (Å²) in [6.45, 7) is -0.207. The molecule has 1 heterocycles. The lowest BCUT2D eigenvalue weighted by molar-refractivity contribution is -0.00646. The van der Waals surface area contributed by atoms with Crippen molar-refractivity contribution in [1.29, 1.82) is 0 Å². The first kappa shape index (κ1) is 23.1. The SMILES string of the molecule is COC(=O)c1ccc(OCC(O)C2OC(=O)N(c3ccc(F)cc3)[C@@H]2c2ccc(O)cc2)cc1. The number of phenolic OH excluding ortho intramolecular Hbond substituents is 1. The molecule has 0 radical (unpaired) electrons. The van der Waals surface area contributed by atoms with E-state index in [1.165, 1.54) is 60.5 Å². The van der Waals surface area contributed by atoms with Crippen LogP contribution in [0.25, 0.3) is 0 Å². The van der Waals surface area contributed by atoms with Crippen molar-refractivity contribution in [1.82, 2.24) is 0 Å². The molecule has 0 aromatic heterocycles. The number of amides is 1. The molecular weight excluding hydrogens is 445 g/mol. The zero-order valence-electron chi connectivity index (χ0n) is 18.1. The van der Waals surface area contributed by atoms with E-state index in [0.29, 0.717) is 22.6 Å². The maximum Gasteiger partial charge on any atom is 0.415 e. The highest BCUT2D eigenvalue weighted by molar-refractivity contribution is 5.91. The minimum atomic E-state index is -1.23. The number of esters is 1. The van der Waals surface area contributed by atoms with Crippen LogP contribution in [0.2, 0.25) is 0 Å². The molecule has 34 heavy (non-hydrogen) atoms. The molecule has 4 rings (SSSR count). The van der Waals surface area contributed by atoms with Gasteiger partial charge in [0.05, 0.1) is 12.7 Å². The van der Waals surface area contributed by atoms with Gasteiger partial charge in [0, 0.05) is 5.69 Å². The van der Waals surface area contributed by atoms with E-state index in [-0.39, 0.29) is 12.4 Å². The summed E-state index contributed by atoms with van der Waals surface area (Å²) in [6.07, 6.45) is -2.96. The van der Waals surface area contributed by atoms with E-state index in [9.17, 15) is 24.2 Å². The lowest BCUT2D eigenvalue weighted by Crippen LogP contribution is -2.38. The second-order valence-corrected chi connectivity index (χ2v) is 7.63. The van der Waals surface area contributed by atoms with Crippen LogP contribution >= 0.6 is 0 Å². The molecular formula is C25H22FNO7. The number of carbonyl (C=O) groups excluding carboxylic acids is 2. The first-order valence-electron chi connectivity index (χ1n) is 10.4. The first-order chi connectivity index (χ1) is 16.4. The lowest BCUT2D eigenvalue weighted by Gasteiger charge is -2.27. The number of cyclic esters (lactones) is 1. The number of ether oxygens (including phenoxy) is 3. The Morgan fingerprint density at radius 2 is 1.71 bits per heavy atom. The summed E-state index contributed by atoms with van der Waals surface area (Å²) in [5.41, 5.74) is 1.33. The number of carbonyl (C=O) groups is 2. The van der Waals surface area contributed by atoms with Crippen molar-refractivity contribution in [3.05, 3.63) is 89.7 Å². The van der Waals surface area contributed by atoms with Gasteiger partial charge in [-0.05, 0) is 66.2 Å². The van der Waals surface area contributed by atoms with Gasteiger partial charge in [0.1, 0.15) is 36.1 Å². The van der Waals surface area contributed by atoms with Gasteiger partial charge < -0.3 is 24.4 Å². The third-order valence-electron chi connectivity index (χ3n) is 5.44. The van der Waals surface area contributed by atoms with Crippen molar-refractivity contribution in [2.24, 2.45) is 0 Å². The molecule has 1 amide bonds. The monoisotopic (exact) mass is 467 g/mol. The molecule has 3 atom stereocenters. The Bertz CT molecular complexity index is 1150. The predicted molar refractivity (Wildman–Crippen MR) is 119 cm³/mol. The number of benzene rings is 3. The number of halogens is 1. The van der Waals surface area contributed by atoms with E-state index >= 15 is 0 Å². The average molecular weight is 467 g/mol. The standard InChI is InChI=1S/C25H22FNO7/c1-32-24(30)16-4-12-20(13-5-16)33-14-21(29)23-22(15-2-10-19(28)11-3-15)27(25(31)34-23)18-8-6-17(26)7-9-18/h2-13,21-23,28-29H,14H2,1H3/t21?,22-,23?/m1/s1. The van der Waals surface area contributed by atoms with Gasteiger partial charge in [0.2, 0.25) is 0 Å². The number of methoxy groups -OCH3 is 1. The fourth-order valence-electron chi connectivity index (χ4n) is 3.75. The molecule has 1 saturated heterocycles. The molecule has 1 aliphatic rings. The van der Waals surface area contributed by atoms with Crippen LogP contribution in [0.5, 0.6) is 11.5 Å². The van der Waals surface area contributed by atoms with Crippen molar-refractivity contribution in [2.75, 3.05) is 18.6 Å². The Hall–Kier alpha value is -4.11. The summed E-state index contributed by atoms with van der Waals surface area (Å²) in [6, 6.07) is 16.9. The molecule has 2 unspecified atom stereocenters. The van der Waals surface area contributed by atoms with Gasteiger partial charge in [-0.3, -0.25) is 4.90 Å². The Balaban J connectivity index is 1.56. The predicted octanol–water partition coefficient (Wildman–Crippen LogP) is 3.82. The maximum atomic E-state index is 13.4. The van der Waals surface area contributed by atoms with E-state index in [1.54, 1.807) is 24.3 Å². The lowest BCUT2D eigenvalue weighted by atomic mass is 9.96. The molecule has 0 saturated carbocycles. The van der Waals surface area contributed by atoms with E-state index in [2.05, 4.69) is 4.74 Å². The van der Waals surface area contributed by atoms with Crippen molar-refractivity contribution in [3.8, 4) is 11.5 Å². The largest absolute Gasteiger partial charge is 0.508 e. The number of aromatic hydroxyl groups is 1. The molecule has 0 aliphatic carbocycles. The molecule has 1 aliphatic heterocycles. The van der Waals surface area contributed by atoms with Crippen LogP contribution in [-0.2, 0) is 9.47 Å². The molecule has 1 fully saturated rings. The molecule has 2 N–H and O–H groups in total.